The van der Waals surface area contributed by atoms with Crippen LogP contribution < -0.4 is 0 Å². The van der Waals surface area contributed by atoms with E-state index in [1.54, 1.807) is 0 Å². The van der Waals surface area contributed by atoms with Gasteiger partial charge in [0.2, 0.25) is 0 Å². The maximum atomic E-state index is 7.50. The van der Waals surface area contributed by atoms with Gasteiger partial charge in [-0.1, -0.05) is 24.3 Å². The van der Waals surface area contributed by atoms with Crippen molar-refractivity contribution in [3.63, 3.8) is 0 Å². The Morgan fingerprint density at radius 2 is 1.07 bits per heavy atom. The minimum Gasteiger partial charge on any atom is -0.281 e. The van der Waals surface area contributed by atoms with E-state index in [2.05, 4.69) is 44.7 Å². The van der Waals surface area contributed by atoms with Crippen molar-refractivity contribution in [3.05, 3.63) is 24.3 Å². The molecule has 0 aromatic heterocycles. The zero-order valence-electron chi connectivity index (χ0n) is 7.30. The van der Waals surface area contributed by atoms with Crippen LogP contribution in [0, 0.1) is 5.41 Å². The van der Waals surface area contributed by atoms with Gasteiger partial charge < -0.3 is 0 Å². The molecule has 2 aliphatic rings. The summed E-state index contributed by atoms with van der Waals surface area (Å²) in [4.78, 5) is 22.5. The van der Waals surface area contributed by atoms with Crippen molar-refractivity contribution >= 4 is 20.4 Å². The molecule has 2 rings (SSSR count). The summed E-state index contributed by atoms with van der Waals surface area (Å²) in [5.74, 6) is 0. The second-order valence-corrected chi connectivity index (χ2v) is 2.45. The summed E-state index contributed by atoms with van der Waals surface area (Å²) in [5, 5.41) is 0. The number of hydrogen-bond donors (Lipinski definition) is 0. The third-order valence-corrected chi connectivity index (χ3v) is 1.79. The van der Waals surface area contributed by atoms with Crippen LogP contribution in [0.3, 0.4) is 0 Å². The Morgan fingerprint density at radius 1 is 0.786 bits per heavy atom. The minimum atomic E-state index is 0. The summed E-state index contributed by atoms with van der Waals surface area (Å²) in [5.41, 5.74) is 0.583. The summed E-state index contributed by atoms with van der Waals surface area (Å²) in [6.07, 6.45) is 11.7. The van der Waals surface area contributed by atoms with Gasteiger partial charge in [0.25, 0.3) is 20.4 Å². The summed E-state index contributed by atoms with van der Waals surface area (Å²) in [6, 6.07) is 0. The van der Waals surface area contributed by atoms with Crippen LogP contribution in [0.2, 0.25) is 0 Å². The van der Waals surface area contributed by atoms with Crippen LogP contribution in [-0.4, -0.2) is 20.4 Å². The summed E-state index contributed by atoms with van der Waals surface area (Å²) >= 11 is 0. The molecule has 6 radical (unpaired) electrons. The molecule has 2 aliphatic carbocycles. The molecule has 0 aromatic carbocycles. The first-order valence-electron chi connectivity index (χ1n) is 3.40. The van der Waals surface area contributed by atoms with Gasteiger partial charge in [-0.15, -0.1) is 0 Å². The first kappa shape index (κ1) is 18.7. The monoisotopic (exact) mass is 232 g/mol. The van der Waals surface area contributed by atoms with Crippen LogP contribution in [0.4, 0.5) is 0 Å². The number of allylic oxidation sites excluding steroid dienone is 4. The van der Waals surface area contributed by atoms with Gasteiger partial charge in [-0.05, 0) is 12.8 Å². The minimum absolute atomic E-state index is 0. The van der Waals surface area contributed by atoms with E-state index in [0.29, 0.717) is 5.41 Å². The molecular weight excluding hydrogens is 224 g/mol. The van der Waals surface area contributed by atoms with E-state index in [1.165, 1.54) is 12.8 Å². The van der Waals surface area contributed by atoms with Crippen molar-refractivity contribution in [1.82, 2.24) is 0 Å². The molecule has 3 nitrogen and oxygen atoms in total. The van der Waals surface area contributed by atoms with Gasteiger partial charge in [0, 0.05) is 22.5 Å². The molecule has 14 heavy (non-hydrogen) atoms. The molecule has 4 heteroatoms. The summed E-state index contributed by atoms with van der Waals surface area (Å²) < 4.78 is 0. The van der Waals surface area contributed by atoms with Crippen LogP contribution >= 0.6 is 0 Å². The van der Waals surface area contributed by atoms with Crippen LogP contribution in [0.15, 0.2) is 24.3 Å². The number of carbonyl (C=O) groups excluding carboxylic acids is 3. The molecule has 0 atom stereocenters. The van der Waals surface area contributed by atoms with Gasteiger partial charge in [0.1, 0.15) is 0 Å². The fourth-order valence-electron chi connectivity index (χ4n) is 1.03. The normalized spacial score (nSPS) is 15.7. The first-order chi connectivity index (χ1) is 6.41. The maximum Gasteiger partial charge on any atom is 0.281 e. The Labute approximate surface area is 94.7 Å². The molecule has 1 saturated carbocycles. The quantitative estimate of drug-likeness (QED) is 0.577. The van der Waals surface area contributed by atoms with E-state index >= 15 is 0 Å². The molecule has 0 aromatic rings. The van der Waals surface area contributed by atoms with Crippen LogP contribution in [0.5, 0.6) is 0 Å². The molecule has 1 fully saturated rings. The molecule has 0 heterocycles. The standard InChI is InChI=1S/C7H8.3CO.Fe/c1-2-4-7(3-1)5-6-7;3*1-2;/h1-4H,5-6H2;;;;. The van der Waals surface area contributed by atoms with Crippen molar-refractivity contribution in [2.24, 2.45) is 5.41 Å². The fourth-order valence-corrected chi connectivity index (χ4v) is 1.03. The molecule has 74 valence electrons. The average Bonchev–Trinajstić information content (AvgIpc) is 2.84. The Kier molecular flexibility index (Phi) is 16.1. The molecular formula is C10H8FeO3. The Morgan fingerprint density at radius 3 is 1.21 bits per heavy atom. The van der Waals surface area contributed by atoms with Gasteiger partial charge in [0.15, 0.2) is 0 Å². The molecule has 0 N–H and O–H groups in total. The second kappa shape index (κ2) is 12.0. The molecule has 0 saturated heterocycles. The zero-order chi connectivity index (χ0) is 10.7. The van der Waals surface area contributed by atoms with Crippen molar-refractivity contribution in [2.45, 2.75) is 12.8 Å². The van der Waals surface area contributed by atoms with Gasteiger partial charge in [0.05, 0.1) is 0 Å². The van der Waals surface area contributed by atoms with Gasteiger partial charge in [-0.25, -0.2) is 0 Å². The smallest absolute Gasteiger partial charge is 0.281 e. The average molecular weight is 232 g/mol. The van der Waals surface area contributed by atoms with E-state index in [-0.39, 0.29) is 17.1 Å². The van der Waals surface area contributed by atoms with Crippen molar-refractivity contribution in [2.75, 3.05) is 0 Å². The van der Waals surface area contributed by atoms with E-state index in [0.717, 1.165) is 0 Å². The van der Waals surface area contributed by atoms with E-state index in [4.69, 9.17) is 14.4 Å². The molecule has 1 spiro atoms. The first-order valence-corrected chi connectivity index (χ1v) is 3.40. The van der Waals surface area contributed by atoms with Gasteiger partial charge in [-0.2, -0.15) is 0 Å². The van der Waals surface area contributed by atoms with Crippen molar-refractivity contribution in [3.8, 4) is 0 Å². The largest absolute Gasteiger partial charge is 0.281 e. The molecule has 0 aliphatic heterocycles. The molecule has 0 amide bonds. The third-order valence-electron chi connectivity index (χ3n) is 1.79. The van der Waals surface area contributed by atoms with Gasteiger partial charge >= 0.3 is 0 Å². The van der Waals surface area contributed by atoms with Crippen molar-refractivity contribution < 1.29 is 31.5 Å². The number of rotatable bonds is 0. The predicted molar refractivity (Wildman–Crippen MR) is 47.0 cm³/mol. The van der Waals surface area contributed by atoms with Gasteiger partial charge in [-0.3, -0.25) is 14.4 Å². The Bertz CT molecular complexity index is 167. The van der Waals surface area contributed by atoms with E-state index in [1.807, 2.05) is 0 Å². The van der Waals surface area contributed by atoms with Crippen LogP contribution in [-0.2, 0) is 31.5 Å². The maximum absolute atomic E-state index is 7.50. The predicted octanol–water partition coefficient (Wildman–Crippen LogP) is 0.699. The van der Waals surface area contributed by atoms with E-state index < -0.39 is 0 Å². The fraction of sp³-hybridized carbons (Fsp3) is 0.300. The third kappa shape index (κ3) is 6.52. The second-order valence-electron chi connectivity index (χ2n) is 2.45. The topological polar surface area (TPSA) is 51.2 Å². The number of hydrogen-bond acceptors (Lipinski definition) is 3. The summed E-state index contributed by atoms with van der Waals surface area (Å²) in [6.45, 7) is 13.5. The summed E-state index contributed by atoms with van der Waals surface area (Å²) in [7, 11) is 0. The van der Waals surface area contributed by atoms with E-state index in [9.17, 15) is 0 Å². The molecule has 0 bridgehead atoms. The Hall–Kier alpha value is -0.991. The van der Waals surface area contributed by atoms with Crippen LogP contribution in [0.25, 0.3) is 0 Å². The van der Waals surface area contributed by atoms with Crippen molar-refractivity contribution in [1.29, 1.82) is 0 Å². The van der Waals surface area contributed by atoms with Crippen LogP contribution in [0.1, 0.15) is 12.8 Å². The Balaban J connectivity index is -0.000000153. The molecule has 0 unspecified atom stereocenters. The SMILES string of the molecule is C1=CC2(C=C1)CC2.[C]=O.[C]=O.[C]=O.[Fe]. The zero-order valence-corrected chi connectivity index (χ0v) is 8.41.